The van der Waals surface area contributed by atoms with Gasteiger partial charge in [-0.3, -0.25) is 10.4 Å². The highest BCUT2D eigenvalue weighted by Crippen LogP contribution is 2.29. The summed E-state index contributed by atoms with van der Waals surface area (Å²) in [6.07, 6.45) is 3.95. The third-order valence-electron chi connectivity index (χ3n) is 5.52. The topological polar surface area (TPSA) is 98.0 Å². The fourth-order valence-corrected chi connectivity index (χ4v) is 3.59. The number of benzene rings is 1. The first-order valence-electron chi connectivity index (χ1n) is 9.89. The number of urea groups is 1. The van der Waals surface area contributed by atoms with Crippen LogP contribution >= 0.6 is 0 Å². The summed E-state index contributed by atoms with van der Waals surface area (Å²) in [5, 5.41) is 17.5. The van der Waals surface area contributed by atoms with Crippen molar-refractivity contribution in [2.24, 2.45) is 0 Å². The first kappa shape index (κ1) is 19.2. The van der Waals surface area contributed by atoms with Gasteiger partial charge in [0.05, 0.1) is 16.9 Å². The number of carbonyl (C=O) groups excluding carboxylic acids is 1. The lowest BCUT2D eigenvalue weighted by Gasteiger charge is -2.40. The number of amides is 2. The van der Waals surface area contributed by atoms with Crippen molar-refractivity contribution in [2.75, 3.05) is 24.7 Å². The molecular weight excluding hydrogens is 366 g/mol. The van der Waals surface area contributed by atoms with Gasteiger partial charge in [-0.1, -0.05) is 30.3 Å². The Labute approximate surface area is 170 Å². The summed E-state index contributed by atoms with van der Waals surface area (Å²) in [7, 11) is 4.22. The molecule has 1 aliphatic rings. The number of aromatic amines is 1. The maximum absolute atomic E-state index is 12.3. The van der Waals surface area contributed by atoms with Crippen LogP contribution in [0.2, 0.25) is 0 Å². The van der Waals surface area contributed by atoms with E-state index >= 15 is 0 Å². The van der Waals surface area contributed by atoms with E-state index < -0.39 is 0 Å². The molecule has 8 heteroatoms. The number of hydrogen-bond acceptors (Lipinski definition) is 5. The van der Waals surface area contributed by atoms with E-state index in [1.54, 1.807) is 12.3 Å². The minimum Gasteiger partial charge on any atom is -0.365 e. The summed E-state index contributed by atoms with van der Waals surface area (Å²) in [6, 6.07) is 12.3. The van der Waals surface area contributed by atoms with Crippen molar-refractivity contribution in [1.82, 2.24) is 25.4 Å². The quantitative estimate of drug-likeness (QED) is 0.515. The van der Waals surface area contributed by atoms with Crippen molar-refractivity contribution < 1.29 is 4.79 Å². The number of H-pyrrole nitrogens is 1. The molecule has 2 heterocycles. The Morgan fingerprint density at radius 1 is 1.24 bits per heavy atom. The third kappa shape index (κ3) is 4.32. The van der Waals surface area contributed by atoms with Gasteiger partial charge in [0, 0.05) is 24.3 Å². The van der Waals surface area contributed by atoms with Gasteiger partial charge in [-0.15, -0.1) is 0 Å². The summed E-state index contributed by atoms with van der Waals surface area (Å²) in [5.74, 6) is 1.28. The summed E-state index contributed by atoms with van der Waals surface area (Å²) in [6.45, 7) is 1.94. The second-order valence-corrected chi connectivity index (χ2v) is 7.85. The lowest BCUT2D eigenvalue weighted by atomic mass is 9.86. The highest BCUT2D eigenvalue weighted by molar-refractivity contribution is 5.94. The summed E-state index contributed by atoms with van der Waals surface area (Å²) in [5.41, 5.74) is 1.88. The van der Waals surface area contributed by atoms with E-state index in [0.717, 1.165) is 35.1 Å². The molecule has 4 rings (SSSR count). The Bertz CT molecular complexity index is 979. The van der Waals surface area contributed by atoms with E-state index in [2.05, 4.69) is 50.1 Å². The Morgan fingerprint density at radius 3 is 2.72 bits per heavy atom. The lowest BCUT2D eigenvalue weighted by molar-refractivity contribution is 0.177. The van der Waals surface area contributed by atoms with E-state index in [-0.39, 0.29) is 12.1 Å². The van der Waals surface area contributed by atoms with Crippen molar-refractivity contribution in [3.63, 3.8) is 0 Å². The maximum atomic E-state index is 12.3. The number of nitrogens with one attached hydrogen (secondary N) is 4. The van der Waals surface area contributed by atoms with Gasteiger partial charge in [-0.05, 0) is 39.4 Å². The minimum absolute atomic E-state index is 0.101. The Balaban J connectivity index is 1.36. The normalized spacial score (nSPS) is 19.6. The molecule has 1 aromatic carbocycles. The molecule has 1 fully saturated rings. The standard InChI is InChI=1S/C21H27N7O/c1-13(14-7-5-4-6-8-14)23-21(29)25-19-11-18-17(12-22-19)20(27-26-18)24-15-9-16(10-15)28(2)3/h4-8,11-13,15-16H,9-10H2,1-3H3,(H2,24,26,27)(H2,22,23,25,29). The van der Waals surface area contributed by atoms with Gasteiger partial charge in [0.25, 0.3) is 0 Å². The number of pyridine rings is 1. The predicted molar refractivity (Wildman–Crippen MR) is 115 cm³/mol. The van der Waals surface area contributed by atoms with Gasteiger partial charge in [0.1, 0.15) is 5.82 Å². The van der Waals surface area contributed by atoms with Crippen molar-refractivity contribution in [2.45, 2.75) is 37.9 Å². The molecule has 1 aliphatic carbocycles. The highest BCUT2D eigenvalue weighted by atomic mass is 16.2. The molecule has 1 atom stereocenters. The number of carbonyl (C=O) groups is 1. The van der Waals surface area contributed by atoms with Crippen molar-refractivity contribution in [3.05, 3.63) is 48.2 Å². The van der Waals surface area contributed by atoms with Gasteiger partial charge >= 0.3 is 6.03 Å². The fourth-order valence-electron chi connectivity index (χ4n) is 3.59. The van der Waals surface area contributed by atoms with Crippen LogP contribution in [-0.4, -0.2) is 52.3 Å². The summed E-state index contributed by atoms with van der Waals surface area (Å²) >= 11 is 0. The summed E-state index contributed by atoms with van der Waals surface area (Å²) < 4.78 is 0. The largest absolute Gasteiger partial charge is 0.365 e. The zero-order valence-electron chi connectivity index (χ0n) is 16.9. The molecular formula is C21H27N7O. The monoisotopic (exact) mass is 393 g/mol. The van der Waals surface area contributed by atoms with E-state index in [9.17, 15) is 4.79 Å². The van der Waals surface area contributed by atoms with Crippen LogP contribution in [0.4, 0.5) is 16.4 Å². The highest BCUT2D eigenvalue weighted by Gasteiger charge is 2.31. The molecule has 0 spiro atoms. The van der Waals surface area contributed by atoms with E-state index in [4.69, 9.17) is 0 Å². The van der Waals surface area contributed by atoms with Gasteiger partial charge < -0.3 is 15.5 Å². The number of hydrogen-bond donors (Lipinski definition) is 4. The van der Waals surface area contributed by atoms with Crippen LogP contribution in [0.1, 0.15) is 31.4 Å². The van der Waals surface area contributed by atoms with Crippen molar-refractivity contribution >= 4 is 28.6 Å². The van der Waals surface area contributed by atoms with E-state index in [1.165, 1.54) is 0 Å². The Hall–Kier alpha value is -3.13. The van der Waals surface area contributed by atoms with Crippen LogP contribution in [0.25, 0.3) is 10.9 Å². The average Bonchev–Trinajstić information content (AvgIpc) is 3.06. The molecule has 1 unspecified atom stereocenters. The first-order valence-corrected chi connectivity index (χ1v) is 9.89. The van der Waals surface area contributed by atoms with Gasteiger partial charge in [-0.2, -0.15) is 5.10 Å². The molecule has 3 aromatic rings. The predicted octanol–water partition coefficient (Wildman–Crippen LogP) is 3.35. The van der Waals surface area contributed by atoms with Crippen LogP contribution in [0.15, 0.2) is 42.6 Å². The lowest BCUT2D eigenvalue weighted by Crippen LogP contribution is -2.47. The number of aromatic nitrogens is 3. The molecule has 0 saturated heterocycles. The van der Waals surface area contributed by atoms with Gasteiger partial charge in [-0.25, -0.2) is 9.78 Å². The van der Waals surface area contributed by atoms with Crippen LogP contribution < -0.4 is 16.0 Å². The minimum atomic E-state index is -0.296. The maximum Gasteiger partial charge on any atom is 0.320 e. The SMILES string of the molecule is CC(NC(=O)Nc1cc2[nH]nc(NC3CC(N(C)C)C3)c2cn1)c1ccccc1. The van der Waals surface area contributed by atoms with Crippen LogP contribution in [0, 0.1) is 0 Å². The number of fused-ring (bicyclic) bond motifs is 1. The van der Waals surface area contributed by atoms with Crippen LogP contribution in [-0.2, 0) is 0 Å². The van der Waals surface area contributed by atoms with E-state index in [0.29, 0.717) is 17.9 Å². The second-order valence-electron chi connectivity index (χ2n) is 7.85. The second kappa shape index (κ2) is 8.08. The first-order chi connectivity index (χ1) is 14.0. The van der Waals surface area contributed by atoms with E-state index in [1.807, 2.05) is 37.3 Å². The molecule has 0 bridgehead atoms. The number of anilines is 2. The molecule has 0 radical (unpaired) electrons. The molecule has 4 N–H and O–H groups in total. The zero-order valence-corrected chi connectivity index (χ0v) is 16.9. The molecule has 0 aliphatic heterocycles. The number of rotatable bonds is 6. The zero-order chi connectivity index (χ0) is 20.4. The van der Waals surface area contributed by atoms with Gasteiger partial charge in [0.15, 0.2) is 5.82 Å². The molecule has 2 aromatic heterocycles. The van der Waals surface area contributed by atoms with Crippen LogP contribution in [0.3, 0.4) is 0 Å². The van der Waals surface area contributed by atoms with Gasteiger partial charge in [0.2, 0.25) is 0 Å². The fraction of sp³-hybridized carbons (Fsp3) is 0.381. The Kier molecular flexibility index (Phi) is 5.35. The molecule has 8 nitrogen and oxygen atoms in total. The van der Waals surface area contributed by atoms with Crippen molar-refractivity contribution in [3.8, 4) is 0 Å². The smallest absolute Gasteiger partial charge is 0.320 e. The molecule has 152 valence electrons. The Morgan fingerprint density at radius 2 is 2.00 bits per heavy atom. The molecule has 2 amide bonds. The summed E-state index contributed by atoms with van der Waals surface area (Å²) in [4.78, 5) is 18.9. The van der Waals surface area contributed by atoms with Crippen LogP contribution in [0.5, 0.6) is 0 Å². The molecule has 29 heavy (non-hydrogen) atoms. The third-order valence-corrected chi connectivity index (χ3v) is 5.52. The van der Waals surface area contributed by atoms with Crippen molar-refractivity contribution in [1.29, 1.82) is 0 Å². The average molecular weight is 393 g/mol. The molecule has 1 saturated carbocycles. The number of nitrogens with zero attached hydrogens (tertiary/aromatic N) is 3.